The summed E-state index contributed by atoms with van der Waals surface area (Å²) in [7, 11) is 6.40. The van der Waals surface area contributed by atoms with Crippen LogP contribution in [-0.2, 0) is 11.2 Å². The standard InChI is InChI=1S/C9H8NO2.C2H5.2ClH.Sn/c11-9(12)8-5-6-3-1-2-4-7(6)10-8;1-2;;;/h1-4,8H,5H2,(H,11,12);1H2,2H3;2*1H;/q-1;;;;+2/p-1. The molecule has 1 aromatic carbocycles. The van der Waals surface area contributed by atoms with Gasteiger partial charge in [0.05, 0.1) is 0 Å². The predicted octanol–water partition coefficient (Wildman–Crippen LogP) is 2.67. The van der Waals surface area contributed by atoms with Crippen LogP contribution in [0.3, 0.4) is 0 Å². The number of carboxylic acids is 1. The van der Waals surface area contributed by atoms with Crippen molar-refractivity contribution in [3.63, 3.8) is 0 Å². The zero-order chi connectivity index (χ0) is 11.7. The van der Waals surface area contributed by atoms with Crippen LogP contribution in [0.4, 0.5) is 5.69 Å². The minimum absolute atomic E-state index is 0. The molecule has 0 amide bonds. The maximum atomic E-state index is 11.2. The molecule has 1 aromatic rings. The van der Waals surface area contributed by atoms with E-state index in [1.807, 2.05) is 34.3 Å². The maximum absolute atomic E-state index is 11.2. The van der Waals surface area contributed by atoms with E-state index in [-0.39, 0.29) is 12.4 Å². The molecule has 6 heteroatoms. The third-order valence-electron chi connectivity index (χ3n) is 2.81. The summed E-state index contributed by atoms with van der Waals surface area (Å²) in [5.41, 5.74) is 2.16. The van der Waals surface area contributed by atoms with Crippen LogP contribution in [0, 0.1) is 0 Å². The summed E-state index contributed by atoms with van der Waals surface area (Å²) in [6, 6.07) is 7.43. The molecule has 1 heterocycles. The molecule has 0 aliphatic carbocycles. The number of benzene rings is 1. The van der Waals surface area contributed by atoms with Crippen LogP contribution in [0.5, 0.6) is 0 Å². The van der Waals surface area contributed by atoms with Crippen LogP contribution >= 0.6 is 21.3 Å². The number of hydrogen-bond donors (Lipinski definition) is 1. The minimum Gasteiger partial charge on any atom is -0.147 e. The van der Waals surface area contributed by atoms with Gasteiger partial charge in [0.15, 0.2) is 0 Å². The fraction of sp³-hybridized carbons (Fsp3) is 0.364. The molecule has 0 aromatic heterocycles. The van der Waals surface area contributed by atoms with Crippen LogP contribution < -0.4 is 3.12 Å². The van der Waals surface area contributed by atoms with Gasteiger partial charge in [-0.05, 0) is 0 Å². The topological polar surface area (TPSA) is 40.5 Å². The van der Waals surface area contributed by atoms with Crippen molar-refractivity contribution in [1.82, 2.24) is 0 Å². The Kier molecular flexibility index (Phi) is 5.41. The van der Waals surface area contributed by atoms with E-state index in [2.05, 4.69) is 0 Å². The Morgan fingerprint density at radius 2 is 2.24 bits per heavy atom. The van der Waals surface area contributed by atoms with Gasteiger partial charge in [-0.25, -0.2) is 0 Å². The Balaban J connectivity index is 0.00000144. The van der Waals surface area contributed by atoms with Gasteiger partial charge in [0.2, 0.25) is 0 Å². The van der Waals surface area contributed by atoms with Gasteiger partial charge >= 0.3 is 106 Å². The summed E-state index contributed by atoms with van der Waals surface area (Å²) in [4.78, 5) is 11.2. The molecule has 93 valence electrons. The van der Waals surface area contributed by atoms with Crippen molar-refractivity contribution < 1.29 is 9.90 Å². The van der Waals surface area contributed by atoms with E-state index in [9.17, 15) is 9.90 Å². The number of carbonyl (C=O) groups is 1. The first-order valence-corrected chi connectivity index (χ1v) is 12.2. The van der Waals surface area contributed by atoms with Crippen molar-refractivity contribution in [3.8, 4) is 0 Å². The van der Waals surface area contributed by atoms with E-state index >= 15 is 0 Å². The normalized spacial score (nSPS) is 17.8. The first kappa shape index (κ1) is 14.9. The van der Waals surface area contributed by atoms with E-state index in [1.165, 1.54) is 0 Å². The van der Waals surface area contributed by atoms with Crippen molar-refractivity contribution in [2.45, 2.75) is 23.8 Å². The quantitative estimate of drug-likeness (QED) is 0.818. The number of carboxylic acid groups (broad SMARTS) is 1. The van der Waals surface area contributed by atoms with Gasteiger partial charge < -0.3 is 0 Å². The van der Waals surface area contributed by atoms with E-state index in [1.54, 1.807) is 0 Å². The smallest absolute Gasteiger partial charge is 0.147 e. The van der Waals surface area contributed by atoms with E-state index in [0.717, 1.165) is 15.7 Å². The summed E-state index contributed by atoms with van der Waals surface area (Å²) in [6.07, 6.45) is 0.586. The molecule has 2 rings (SSSR count). The van der Waals surface area contributed by atoms with Crippen molar-refractivity contribution in [2.24, 2.45) is 0 Å². The van der Waals surface area contributed by atoms with Crippen molar-refractivity contribution >= 4 is 51.9 Å². The zero-order valence-corrected chi connectivity index (χ0v) is 13.8. The molecule has 1 N–H and O–H groups in total. The second-order valence-electron chi connectivity index (χ2n) is 3.79. The van der Waals surface area contributed by atoms with Crippen molar-refractivity contribution in [1.29, 1.82) is 0 Å². The van der Waals surface area contributed by atoms with E-state index in [0.29, 0.717) is 6.42 Å². The first-order chi connectivity index (χ1) is 7.65. The molecule has 3 nitrogen and oxygen atoms in total. The molecule has 1 unspecified atom stereocenters. The van der Waals surface area contributed by atoms with Gasteiger partial charge in [0.25, 0.3) is 0 Å². The van der Waals surface area contributed by atoms with Crippen LogP contribution in [0.1, 0.15) is 12.5 Å². The molecule has 1 atom stereocenters. The largest absolute Gasteiger partial charge is 0.147 e. The van der Waals surface area contributed by atoms with Gasteiger partial charge in [0, 0.05) is 0 Å². The van der Waals surface area contributed by atoms with E-state index in [4.69, 9.17) is 8.92 Å². The van der Waals surface area contributed by atoms with Crippen LogP contribution in [-0.4, -0.2) is 36.0 Å². The number of rotatable bonds is 3. The zero-order valence-electron chi connectivity index (χ0n) is 9.39. The summed E-state index contributed by atoms with van der Waals surface area (Å²) >= 11 is -2.24. The summed E-state index contributed by atoms with van der Waals surface area (Å²) in [6.45, 7) is 2.04. The average Bonchev–Trinajstić information content (AvgIpc) is 2.67. The molecule has 0 saturated heterocycles. The third kappa shape index (κ3) is 2.83. The number of anilines is 1. The summed E-state index contributed by atoms with van der Waals surface area (Å²) in [5, 5.41) is 9.23. The average molecular weight is 382 g/mol. The van der Waals surface area contributed by atoms with E-state index < -0.39 is 30.9 Å². The molecule has 0 spiro atoms. The third-order valence-corrected chi connectivity index (χ3v) is 10.6. The fourth-order valence-corrected chi connectivity index (χ4v) is 7.34. The SMILES string of the molecule is C[CH2][Sn]([Cl])[N]1c2ccccc2CC1C(=O)O.Cl. The fourth-order valence-electron chi connectivity index (χ4n) is 2.05. The first-order valence-electron chi connectivity index (χ1n) is 5.26. The Bertz CT molecular complexity index is 416. The molecular formula is C11H14Cl2NO2Sn. The Morgan fingerprint density at radius 3 is 2.82 bits per heavy atom. The summed E-state index contributed by atoms with van der Waals surface area (Å²) in [5.74, 6) is -0.761. The molecule has 1 radical (unpaired) electrons. The number of fused-ring (bicyclic) bond motifs is 1. The van der Waals surface area contributed by atoms with Crippen LogP contribution in [0.2, 0.25) is 4.44 Å². The molecule has 0 saturated carbocycles. The number of nitrogens with zero attached hydrogens (tertiary/aromatic N) is 1. The number of aliphatic carboxylic acids is 1. The Hall–Kier alpha value is -0.131. The second kappa shape index (κ2) is 6.16. The van der Waals surface area contributed by atoms with Gasteiger partial charge in [-0.2, -0.15) is 0 Å². The second-order valence-corrected chi connectivity index (χ2v) is 12.3. The van der Waals surface area contributed by atoms with Gasteiger partial charge in [-0.15, -0.1) is 12.4 Å². The van der Waals surface area contributed by atoms with Gasteiger partial charge in [0.1, 0.15) is 0 Å². The minimum atomic E-state index is -2.24. The van der Waals surface area contributed by atoms with Crippen LogP contribution in [0.15, 0.2) is 24.3 Å². The van der Waals surface area contributed by atoms with Crippen molar-refractivity contribution in [3.05, 3.63) is 29.8 Å². The number of halogens is 2. The molecule has 1 aliphatic rings. The van der Waals surface area contributed by atoms with Crippen LogP contribution in [0.25, 0.3) is 0 Å². The number of hydrogen-bond acceptors (Lipinski definition) is 2. The summed E-state index contributed by atoms with van der Waals surface area (Å²) < 4.78 is 2.92. The van der Waals surface area contributed by atoms with Crippen molar-refractivity contribution in [2.75, 3.05) is 3.12 Å². The Labute approximate surface area is 118 Å². The molecular weight excluding hydrogens is 368 g/mol. The monoisotopic (exact) mass is 382 g/mol. The maximum Gasteiger partial charge on any atom is -0.147 e. The molecule has 0 fully saturated rings. The molecule has 17 heavy (non-hydrogen) atoms. The Morgan fingerprint density at radius 1 is 1.59 bits per heavy atom. The number of para-hydroxylation sites is 1. The van der Waals surface area contributed by atoms with Gasteiger partial charge in [-0.1, -0.05) is 0 Å². The molecule has 0 bridgehead atoms. The van der Waals surface area contributed by atoms with Gasteiger partial charge in [-0.3, -0.25) is 0 Å². The predicted molar refractivity (Wildman–Crippen MR) is 73.4 cm³/mol. The molecule has 1 aliphatic heterocycles.